The summed E-state index contributed by atoms with van der Waals surface area (Å²) in [7, 11) is 0. The Balaban J connectivity index is 1.63. The SMILES string of the molecule is O=C(NCC(=O)N1CCc2cc(F)ccc21)c1ccccc1. The summed E-state index contributed by atoms with van der Waals surface area (Å²) in [5.74, 6) is -0.785. The number of hydrogen-bond donors (Lipinski definition) is 1. The van der Waals surface area contributed by atoms with E-state index in [-0.39, 0.29) is 24.2 Å². The molecular weight excluding hydrogens is 283 g/mol. The van der Waals surface area contributed by atoms with Crippen molar-refractivity contribution in [3.8, 4) is 0 Å². The molecule has 2 aromatic carbocycles. The van der Waals surface area contributed by atoms with Crippen molar-refractivity contribution >= 4 is 17.5 Å². The Labute approximate surface area is 127 Å². The first-order valence-corrected chi connectivity index (χ1v) is 7.07. The molecule has 22 heavy (non-hydrogen) atoms. The van der Waals surface area contributed by atoms with E-state index in [2.05, 4.69) is 5.32 Å². The summed E-state index contributed by atoms with van der Waals surface area (Å²) >= 11 is 0. The summed E-state index contributed by atoms with van der Waals surface area (Å²) in [5.41, 5.74) is 2.06. The number of fused-ring (bicyclic) bond motifs is 1. The molecule has 0 atom stereocenters. The summed E-state index contributed by atoms with van der Waals surface area (Å²) in [6, 6.07) is 13.1. The van der Waals surface area contributed by atoms with Crippen LogP contribution in [0.2, 0.25) is 0 Å². The molecule has 0 saturated heterocycles. The average molecular weight is 298 g/mol. The van der Waals surface area contributed by atoms with Crippen LogP contribution >= 0.6 is 0 Å². The monoisotopic (exact) mass is 298 g/mol. The number of nitrogens with one attached hydrogen (secondary N) is 1. The summed E-state index contributed by atoms with van der Waals surface area (Å²) < 4.78 is 13.2. The van der Waals surface area contributed by atoms with Crippen molar-refractivity contribution in [3.63, 3.8) is 0 Å². The molecule has 5 heteroatoms. The van der Waals surface area contributed by atoms with E-state index in [0.29, 0.717) is 18.5 Å². The van der Waals surface area contributed by atoms with Crippen molar-refractivity contribution in [1.29, 1.82) is 0 Å². The average Bonchev–Trinajstić information content (AvgIpc) is 2.96. The number of carbonyl (C=O) groups is 2. The maximum Gasteiger partial charge on any atom is 0.251 e. The van der Waals surface area contributed by atoms with Crippen LogP contribution in [0.25, 0.3) is 0 Å². The van der Waals surface area contributed by atoms with Gasteiger partial charge in [0.05, 0.1) is 6.54 Å². The Bertz CT molecular complexity index is 716. The van der Waals surface area contributed by atoms with Crippen LogP contribution in [-0.2, 0) is 11.2 Å². The maximum atomic E-state index is 13.2. The number of amides is 2. The fourth-order valence-corrected chi connectivity index (χ4v) is 2.57. The molecule has 0 spiro atoms. The lowest BCUT2D eigenvalue weighted by Gasteiger charge is -2.17. The van der Waals surface area contributed by atoms with Gasteiger partial charge in [0, 0.05) is 17.8 Å². The van der Waals surface area contributed by atoms with E-state index in [0.717, 1.165) is 11.3 Å². The molecule has 3 rings (SSSR count). The lowest BCUT2D eigenvalue weighted by molar-refractivity contribution is -0.117. The minimum Gasteiger partial charge on any atom is -0.343 e. The zero-order valence-corrected chi connectivity index (χ0v) is 11.9. The van der Waals surface area contributed by atoms with Crippen LogP contribution in [-0.4, -0.2) is 24.9 Å². The van der Waals surface area contributed by atoms with Crippen LogP contribution in [0.3, 0.4) is 0 Å². The number of anilines is 1. The van der Waals surface area contributed by atoms with Gasteiger partial charge >= 0.3 is 0 Å². The third-order valence-corrected chi connectivity index (χ3v) is 3.67. The van der Waals surface area contributed by atoms with Gasteiger partial charge in [-0.05, 0) is 42.3 Å². The highest BCUT2D eigenvalue weighted by Gasteiger charge is 2.25. The molecule has 0 saturated carbocycles. The van der Waals surface area contributed by atoms with E-state index in [1.165, 1.54) is 12.1 Å². The molecule has 0 aliphatic carbocycles. The van der Waals surface area contributed by atoms with Crippen LogP contribution in [0.1, 0.15) is 15.9 Å². The van der Waals surface area contributed by atoms with E-state index in [4.69, 9.17) is 0 Å². The van der Waals surface area contributed by atoms with Crippen molar-refractivity contribution in [1.82, 2.24) is 5.32 Å². The predicted molar refractivity (Wildman–Crippen MR) is 81.2 cm³/mol. The summed E-state index contributed by atoms with van der Waals surface area (Å²) in [4.78, 5) is 25.8. The third kappa shape index (κ3) is 2.83. The van der Waals surface area contributed by atoms with E-state index in [9.17, 15) is 14.0 Å². The second-order valence-electron chi connectivity index (χ2n) is 5.12. The van der Waals surface area contributed by atoms with Gasteiger partial charge in [-0.1, -0.05) is 18.2 Å². The molecule has 112 valence electrons. The largest absolute Gasteiger partial charge is 0.343 e. The number of nitrogens with zero attached hydrogens (tertiary/aromatic N) is 1. The second kappa shape index (κ2) is 5.97. The fourth-order valence-electron chi connectivity index (χ4n) is 2.57. The topological polar surface area (TPSA) is 49.4 Å². The van der Waals surface area contributed by atoms with Crippen LogP contribution in [0.4, 0.5) is 10.1 Å². The Hall–Kier alpha value is -2.69. The molecule has 1 N–H and O–H groups in total. The standard InChI is InChI=1S/C17H15FN2O2/c18-14-6-7-15-13(10-14)8-9-20(15)16(21)11-19-17(22)12-4-2-1-3-5-12/h1-7,10H,8-9,11H2,(H,19,22). The molecule has 0 fully saturated rings. The molecule has 2 amide bonds. The summed E-state index contributed by atoms with van der Waals surface area (Å²) in [6.07, 6.45) is 0.630. The third-order valence-electron chi connectivity index (χ3n) is 3.67. The van der Waals surface area contributed by atoms with Crippen LogP contribution in [0, 0.1) is 5.82 Å². The van der Waals surface area contributed by atoms with Gasteiger partial charge in [-0.2, -0.15) is 0 Å². The first-order valence-electron chi connectivity index (χ1n) is 7.07. The number of rotatable bonds is 3. The molecule has 0 unspecified atom stereocenters. The Morgan fingerprint density at radius 1 is 1.14 bits per heavy atom. The highest BCUT2D eigenvalue weighted by atomic mass is 19.1. The Morgan fingerprint density at radius 3 is 2.68 bits per heavy atom. The lowest BCUT2D eigenvalue weighted by Crippen LogP contribution is -2.39. The molecule has 0 radical (unpaired) electrons. The van der Waals surface area contributed by atoms with E-state index >= 15 is 0 Å². The van der Waals surface area contributed by atoms with Gasteiger partial charge < -0.3 is 10.2 Å². The van der Waals surface area contributed by atoms with E-state index in [1.54, 1.807) is 35.2 Å². The zero-order chi connectivity index (χ0) is 15.5. The smallest absolute Gasteiger partial charge is 0.251 e. The van der Waals surface area contributed by atoms with Gasteiger partial charge in [0.1, 0.15) is 5.82 Å². The highest BCUT2D eigenvalue weighted by molar-refractivity contribution is 6.01. The normalized spacial score (nSPS) is 12.9. The van der Waals surface area contributed by atoms with Gasteiger partial charge in [0.25, 0.3) is 5.91 Å². The van der Waals surface area contributed by atoms with Crippen LogP contribution in [0.15, 0.2) is 48.5 Å². The van der Waals surface area contributed by atoms with Gasteiger partial charge in [-0.15, -0.1) is 0 Å². The molecule has 0 aromatic heterocycles. The quantitative estimate of drug-likeness (QED) is 0.944. The number of carbonyl (C=O) groups excluding carboxylic acids is 2. The minimum absolute atomic E-state index is 0.0788. The first kappa shape index (κ1) is 14.3. The van der Waals surface area contributed by atoms with E-state index < -0.39 is 0 Å². The van der Waals surface area contributed by atoms with Crippen LogP contribution in [0.5, 0.6) is 0 Å². The predicted octanol–water partition coefficient (Wildman–Crippen LogP) is 2.14. The van der Waals surface area contributed by atoms with Gasteiger partial charge in [-0.25, -0.2) is 4.39 Å². The fraction of sp³-hybridized carbons (Fsp3) is 0.176. The van der Waals surface area contributed by atoms with Gasteiger partial charge in [0.2, 0.25) is 5.91 Å². The zero-order valence-electron chi connectivity index (χ0n) is 11.9. The summed E-state index contributed by atoms with van der Waals surface area (Å²) in [6.45, 7) is 0.434. The van der Waals surface area contributed by atoms with Crippen molar-refractivity contribution < 1.29 is 14.0 Å². The molecule has 4 nitrogen and oxygen atoms in total. The highest BCUT2D eigenvalue weighted by Crippen LogP contribution is 2.28. The lowest BCUT2D eigenvalue weighted by atomic mass is 10.1. The Kier molecular flexibility index (Phi) is 3.87. The summed E-state index contributed by atoms with van der Waals surface area (Å²) in [5, 5.41) is 2.61. The molecule has 1 heterocycles. The van der Waals surface area contributed by atoms with Crippen molar-refractivity contribution in [3.05, 3.63) is 65.5 Å². The molecule has 1 aliphatic rings. The molecule has 2 aromatic rings. The number of benzene rings is 2. The molecular formula is C17H15FN2O2. The Morgan fingerprint density at radius 2 is 1.91 bits per heavy atom. The van der Waals surface area contributed by atoms with Crippen molar-refractivity contribution in [2.45, 2.75) is 6.42 Å². The minimum atomic E-state index is -0.301. The van der Waals surface area contributed by atoms with E-state index in [1.807, 2.05) is 6.07 Å². The second-order valence-corrected chi connectivity index (χ2v) is 5.12. The molecule has 1 aliphatic heterocycles. The van der Waals surface area contributed by atoms with Crippen molar-refractivity contribution in [2.24, 2.45) is 0 Å². The van der Waals surface area contributed by atoms with Crippen LogP contribution < -0.4 is 10.2 Å². The maximum absolute atomic E-state index is 13.2. The van der Waals surface area contributed by atoms with Crippen molar-refractivity contribution in [2.75, 3.05) is 18.0 Å². The number of hydrogen-bond acceptors (Lipinski definition) is 2. The molecule has 0 bridgehead atoms. The van der Waals surface area contributed by atoms with Gasteiger partial charge in [-0.3, -0.25) is 9.59 Å². The number of halogens is 1. The van der Waals surface area contributed by atoms with Gasteiger partial charge in [0.15, 0.2) is 0 Å². The first-order chi connectivity index (χ1) is 10.6.